The minimum absolute atomic E-state index is 0.955. The molecule has 80 heavy (non-hydrogen) atoms. The van der Waals surface area contributed by atoms with Crippen molar-refractivity contribution in [1.29, 1.82) is 0 Å². The molecule has 0 heterocycles. The highest BCUT2D eigenvalue weighted by Gasteiger charge is 2.34. The Bertz CT molecular complexity index is 2200. The van der Waals surface area contributed by atoms with Gasteiger partial charge in [0.05, 0.1) is 0 Å². The van der Waals surface area contributed by atoms with Crippen LogP contribution >= 0.6 is 15.8 Å². The summed E-state index contributed by atoms with van der Waals surface area (Å²) >= 11 is 0. The van der Waals surface area contributed by atoms with Crippen molar-refractivity contribution in [1.82, 2.24) is 0 Å². The molecule has 0 aliphatic rings. The lowest BCUT2D eigenvalue weighted by Gasteiger charge is -2.34. The number of benzene rings is 5. The minimum atomic E-state index is -0.955. The van der Waals surface area contributed by atoms with Gasteiger partial charge >= 0.3 is 0 Å². The van der Waals surface area contributed by atoms with Gasteiger partial charge in [0, 0.05) is 0 Å². The highest BCUT2D eigenvalue weighted by Crippen LogP contribution is 2.46. The van der Waals surface area contributed by atoms with Gasteiger partial charge in [-0.1, -0.05) is 233 Å². The van der Waals surface area contributed by atoms with Crippen LogP contribution in [-0.2, 0) is 77.0 Å². The predicted molar refractivity (Wildman–Crippen MR) is 367 cm³/mol. The van der Waals surface area contributed by atoms with E-state index in [0.29, 0.717) is 0 Å². The zero-order valence-electron chi connectivity index (χ0n) is 54.3. The highest BCUT2D eigenvalue weighted by atomic mass is 31.1. The van der Waals surface area contributed by atoms with Gasteiger partial charge in [-0.15, -0.1) is 0 Å². The van der Waals surface area contributed by atoms with Gasteiger partial charge in [-0.25, -0.2) is 0 Å². The van der Waals surface area contributed by atoms with Crippen LogP contribution in [0.25, 0.3) is 0 Å². The summed E-state index contributed by atoms with van der Waals surface area (Å²) < 4.78 is 0. The maximum atomic E-state index is 2.76. The Morgan fingerprint density at radius 3 is 0.550 bits per heavy atom. The van der Waals surface area contributed by atoms with Gasteiger partial charge in [-0.05, 0) is 269 Å². The van der Waals surface area contributed by atoms with Crippen LogP contribution < -0.4 is 31.8 Å². The molecule has 0 radical (unpaired) electrons. The van der Waals surface area contributed by atoms with E-state index in [1.165, 1.54) is 231 Å². The van der Waals surface area contributed by atoms with Crippen molar-refractivity contribution in [3.05, 3.63) is 140 Å². The Morgan fingerprint density at radius 1 is 0.188 bits per heavy atom. The largest absolute Gasteiger partial charge is 0.0654 e. The van der Waals surface area contributed by atoms with E-state index in [2.05, 4.69) is 156 Å². The summed E-state index contributed by atoms with van der Waals surface area (Å²) in [5.41, 5.74) is 20.5. The normalized spacial score (nSPS) is 11.8. The van der Waals surface area contributed by atoms with Crippen LogP contribution in [0.5, 0.6) is 0 Å². The van der Waals surface area contributed by atoms with Crippen LogP contribution in [0.2, 0.25) is 0 Å². The summed E-state index contributed by atoms with van der Waals surface area (Å²) in [6.07, 6.45) is 44.3. The number of aryl methyl sites for hydroxylation is 4. The lowest BCUT2D eigenvalue weighted by Crippen LogP contribution is -2.38. The summed E-state index contributed by atoms with van der Waals surface area (Å²) in [5.74, 6) is 0. The van der Waals surface area contributed by atoms with Crippen molar-refractivity contribution in [2.45, 2.75) is 314 Å². The molecule has 0 unspecified atom stereocenters. The maximum Gasteiger partial charge on any atom is -0.00673 e. The zero-order chi connectivity index (χ0) is 57.5. The average Bonchev–Trinajstić information content (AvgIpc) is 3.59. The molecular formula is C78H120P2. The van der Waals surface area contributed by atoms with Crippen molar-refractivity contribution in [2.24, 2.45) is 0 Å². The predicted octanol–water partition coefficient (Wildman–Crippen LogP) is 21.3. The Labute approximate surface area is 498 Å². The first-order valence-corrected chi connectivity index (χ1v) is 37.2. The SMILES string of the molecule is CCCCc1ccc(P(c2ccccc2P(c2ccc(CCCC)c(CCCC)c2CCCC)c2ccc(CCCC)c(CCCC)c2CCCC)c2ccc(CCCC)c(CCCC)c2CCCC)c(CCCC)c1CCCC. The number of hydrogen-bond acceptors (Lipinski definition) is 0. The third kappa shape index (κ3) is 18.7. The van der Waals surface area contributed by atoms with E-state index >= 15 is 0 Å². The second-order valence-electron chi connectivity index (χ2n) is 24.2. The number of rotatable bonds is 42. The van der Waals surface area contributed by atoms with Crippen LogP contribution in [0.15, 0.2) is 72.8 Å². The second-order valence-corrected chi connectivity index (χ2v) is 28.4. The molecule has 0 spiro atoms. The molecule has 5 aromatic carbocycles. The Morgan fingerprint density at radius 2 is 0.362 bits per heavy atom. The first-order chi connectivity index (χ1) is 39.3. The number of hydrogen-bond donors (Lipinski definition) is 0. The van der Waals surface area contributed by atoms with Crippen LogP contribution in [0.3, 0.4) is 0 Å². The van der Waals surface area contributed by atoms with E-state index in [1.54, 1.807) is 98.6 Å². The molecule has 0 aromatic heterocycles. The van der Waals surface area contributed by atoms with Gasteiger partial charge in [0.25, 0.3) is 0 Å². The maximum absolute atomic E-state index is 2.76. The molecule has 0 aliphatic heterocycles. The van der Waals surface area contributed by atoms with Gasteiger partial charge in [0.1, 0.15) is 0 Å². The number of unbranched alkanes of at least 4 members (excludes halogenated alkanes) is 12. The topological polar surface area (TPSA) is 0 Å². The Kier molecular flexibility index (Phi) is 32.8. The summed E-state index contributed by atoms with van der Waals surface area (Å²) in [6.45, 7) is 29.0. The minimum Gasteiger partial charge on any atom is -0.0654 e. The summed E-state index contributed by atoms with van der Waals surface area (Å²) in [7, 11) is -1.91. The molecular weight excluding hydrogens is 999 g/mol. The first-order valence-electron chi connectivity index (χ1n) is 34.5. The lowest BCUT2D eigenvalue weighted by atomic mass is 9.90. The molecule has 0 amide bonds. The molecule has 5 rings (SSSR count). The second kappa shape index (κ2) is 38.7. The van der Waals surface area contributed by atoms with E-state index in [1.807, 2.05) is 0 Å². The summed E-state index contributed by atoms with van der Waals surface area (Å²) in [5, 5.41) is 10.1. The van der Waals surface area contributed by atoms with Crippen molar-refractivity contribution < 1.29 is 0 Å². The van der Waals surface area contributed by atoms with Crippen LogP contribution in [0.1, 0.15) is 304 Å². The van der Waals surface area contributed by atoms with Crippen LogP contribution in [-0.4, -0.2) is 0 Å². The van der Waals surface area contributed by atoms with E-state index < -0.39 is 15.8 Å². The molecule has 0 saturated carbocycles. The van der Waals surface area contributed by atoms with Gasteiger partial charge in [-0.3, -0.25) is 0 Å². The lowest BCUT2D eigenvalue weighted by molar-refractivity contribution is 0.736. The van der Waals surface area contributed by atoms with Crippen LogP contribution in [0, 0.1) is 0 Å². The summed E-state index contributed by atoms with van der Waals surface area (Å²) in [4.78, 5) is 0. The highest BCUT2D eigenvalue weighted by molar-refractivity contribution is 7.85. The van der Waals surface area contributed by atoms with E-state index in [4.69, 9.17) is 0 Å². The fraction of sp³-hybridized carbons (Fsp3) is 0.615. The van der Waals surface area contributed by atoms with Crippen molar-refractivity contribution in [3.63, 3.8) is 0 Å². The van der Waals surface area contributed by atoms with Gasteiger partial charge in [-0.2, -0.15) is 0 Å². The van der Waals surface area contributed by atoms with Crippen LogP contribution in [0.4, 0.5) is 0 Å². The van der Waals surface area contributed by atoms with Crippen molar-refractivity contribution >= 4 is 47.7 Å². The molecule has 2 heteroatoms. The van der Waals surface area contributed by atoms with Crippen molar-refractivity contribution in [2.75, 3.05) is 0 Å². The molecule has 0 bridgehead atoms. The van der Waals surface area contributed by atoms with Gasteiger partial charge < -0.3 is 0 Å². The molecule has 0 nitrogen and oxygen atoms in total. The van der Waals surface area contributed by atoms with Gasteiger partial charge in [0.2, 0.25) is 0 Å². The van der Waals surface area contributed by atoms with E-state index in [9.17, 15) is 0 Å². The fourth-order valence-corrected chi connectivity index (χ4v) is 19.2. The third-order valence-corrected chi connectivity index (χ3v) is 23.3. The zero-order valence-corrected chi connectivity index (χ0v) is 56.1. The molecule has 0 fully saturated rings. The van der Waals surface area contributed by atoms with Gasteiger partial charge in [0.15, 0.2) is 0 Å². The molecule has 0 saturated heterocycles. The Balaban J connectivity index is 2.14. The Hall–Kier alpha value is -3.04. The molecule has 0 atom stereocenters. The molecule has 5 aromatic rings. The molecule has 0 N–H and O–H groups in total. The first kappa shape index (κ1) is 67.7. The standard InChI is InChI=1S/C78H120P2/c1-13-25-39-61-53-57-73(69(47-33-21-9)65(61)43-29-17-5)79(74-58-54-62(40-26-14-2)66(44-30-18-6)70(74)48-34-22-10)77-51-37-38-52-78(77)80(75-59-55-63(41-27-15-3)67(45-31-19-7)71(75)49-35-23-11)76-60-56-64(42-28-16-4)68(46-32-20-8)72(76)50-36-24-12/h37-38,51-60H,13-36,39-50H2,1-12H3. The van der Waals surface area contributed by atoms with Crippen molar-refractivity contribution in [3.8, 4) is 0 Å². The quantitative estimate of drug-likeness (QED) is 0.0342. The summed E-state index contributed by atoms with van der Waals surface area (Å²) in [6, 6.07) is 32.2. The van der Waals surface area contributed by atoms with E-state index in [-0.39, 0.29) is 0 Å². The molecule has 0 aliphatic carbocycles. The average molecular weight is 1120 g/mol. The van der Waals surface area contributed by atoms with E-state index in [0.717, 1.165) is 0 Å². The fourth-order valence-electron chi connectivity index (χ4n) is 13.0. The smallest absolute Gasteiger partial charge is 0.00673 e. The third-order valence-electron chi connectivity index (χ3n) is 17.8. The molecule has 442 valence electrons. The monoisotopic (exact) mass is 1120 g/mol.